The predicted octanol–water partition coefficient (Wildman–Crippen LogP) is 3.23. The molecular formula is C19H14NO+. The number of ketones is 1. The van der Waals surface area contributed by atoms with Crippen molar-refractivity contribution >= 4 is 5.78 Å². The van der Waals surface area contributed by atoms with E-state index in [1.54, 1.807) is 0 Å². The van der Waals surface area contributed by atoms with Crippen molar-refractivity contribution in [1.29, 1.82) is 0 Å². The van der Waals surface area contributed by atoms with Crippen molar-refractivity contribution < 1.29 is 9.36 Å². The van der Waals surface area contributed by atoms with Gasteiger partial charge in [0.1, 0.15) is 0 Å². The molecule has 0 amide bonds. The molecule has 0 bridgehead atoms. The van der Waals surface area contributed by atoms with Crippen molar-refractivity contribution in [3.8, 4) is 11.1 Å². The van der Waals surface area contributed by atoms with E-state index in [2.05, 4.69) is 12.1 Å². The minimum absolute atomic E-state index is 0.122. The highest BCUT2D eigenvalue weighted by molar-refractivity contribution is 6.19. The lowest BCUT2D eigenvalue weighted by molar-refractivity contribution is -0.689. The molecule has 0 aliphatic heterocycles. The van der Waals surface area contributed by atoms with Gasteiger partial charge in [0.05, 0.1) is 5.56 Å². The molecule has 3 aromatic rings. The van der Waals surface area contributed by atoms with E-state index in [4.69, 9.17) is 0 Å². The number of aromatic nitrogens is 1. The third-order valence-corrected chi connectivity index (χ3v) is 3.94. The number of hydrogen-bond donors (Lipinski definition) is 0. The van der Waals surface area contributed by atoms with Crippen LogP contribution in [0, 0.1) is 0 Å². The Morgan fingerprint density at radius 1 is 0.714 bits per heavy atom. The van der Waals surface area contributed by atoms with Gasteiger partial charge in [0, 0.05) is 17.2 Å². The standard InChI is InChI=1S/C19H14NO/c21-19-17-10-5-4-9-15(17)16-11-6-12-20(18(16)19)13-14-7-2-1-3-8-14/h1-12H,13H2/q+1. The number of fused-ring (bicyclic) bond motifs is 3. The molecule has 0 spiro atoms. The lowest BCUT2D eigenvalue weighted by Gasteiger charge is -2.02. The molecule has 0 N–H and O–H groups in total. The summed E-state index contributed by atoms with van der Waals surface area (Å²) in [6.45, 7) is 0.712. The van der Waals surface area contributed by atoms with Gasteiger partial charge in [-0.15, -0.1) is 0 Å². The van der Waals surface area contributed by atoms with E-state index in [9.17, 15) is 4.79 Å². The van der Waals surface area contributed by atoms with Crippen LogP contribution in [-0.2, 0) is 6.54 Å². The Morgan fingerprint density at radius 3 is 2.19 bits per heavy atom. The predicted molar refractivity (Wildman–Crippen MR) is 81.0 cm³/mol. The molecule has 0 atom stereocenters. The lowest BCUT2D eigenvalue weighted by atomic mass is 10.1. The highest BCUT2D eigenvalue weighted by atomic mass is 16.1. The highest BCUT2D eigenvalue weighted by Gasteiger charge is 2.34. The van der Waals surface area contributed by atoms with Gasteiger partial charge in [-0.1, -0.05) is 54.6 Å². The molecule has 2 nitrogen and oxygen atoms in total. The van der Waals surface area contributed by atoms with E-state index in [0.717, 1.165) is 22.4 Å². The first-order chi connectivity index (χ1) is 10.3. The van der Waals surface area contributed by atoms with Gasteiger partial charge < -0.3 is 0 Å². The van der Waals surface area contributed by atoms with E-state index in [-0.39, 0.29) is 5.78 Å². The largest absolute Gasteiger partial charge is 0.282 e. The molecule has 4 rings (SSSR count). The first-order valence-electron chi connectivity index (χ1n) is 7.05. The number of hydrogen-bond acceptors (Lipinski definition) is 1. The Labute approximate surface area is 123 Å². The minimum atomic E-state index is 0.122. The number of pyridine rings is 1. The zero-order valence-corrected chi connectivity index (χ0v) is 11.5. The Bertz CT molecular complexity index is 837. The summed E-state index contributed by atoms with van der Waals surface area (Å²) in [6.07, 6.45) is 1.98. The average molecular weight is 272 g/mol. The Hall–Kier alpha value is -2.74. The maximum Gasteiger partial charge on any atom is 0.261 e. The Balaban J connectivity index is 1.85. The van der Waals surface area contributed by atoms with Gasteiger partial charge in [0.15, 0.2) is 12.7 Å². The molecule has 2 aromatic carbocycles. The van der Waals surface area contributed by atoms with Gasteiger partial charge in [0.25, 0.3) is 11.5 Å². The van der Waals surface area contributed by atoms with Crippen LogP contribution in [0.2, 0.25) is 0 Å². The van der Waals surface area contributed by atoms with Crippen molar-refractivity contribution in [2.75, 3.05) is 0 Å². The van der Waals surface area contributed by atoms with Crippen LogP contribution in [-0.4, -0.2) is 5.78 Å². The molecule has 0 saturated carbocycles. The van der Waals surface area contributed by atoms with Crippen molar-refractivity contribution in [2.24, 2.45) is 0 Å². The van der Waals surface area contributed by atoms with E-state index >= 15 is 0 Å². The van der Waals surface area contributed by atoms with Crippen LogP contribution >= 0.6 is 0 Å². The SMILES string of the molecule is O=C1c2ccccc2-c2ccc[n+](Cc3ccccc3)c21. The van der Waals surface area contributed by atoms with Gasteiger partial charge in [-0.3, -0.25) is 4.79 Å². The van der Waals surface area contributed by atoms with Gasteiger partial charge in [-0.05, 0) is 11.6 Å². The normalized spacial score (nSPS) is 12.1. The molecule has 1 aliphatic rings. The summed E-state index contributed by atoms with van der Waals surface area (Å²) in [5.74, 6) is 0.122. The van der Waals surface area contributed by atoms with Gasteiger partial charge >= 0.3 is 0 Å². The highest BCUT2D eigenvalue weighted by Crippen LogP contribution is 2.34. The maximum atomic E-state index is 12.7. The summed E-state index contributed by atoms with van der Waals surface area (Å²) < 4.78 is 2.05. The smallest absolute Gasteiger partial charge is 0.261 e. The third kappa shape index (κ3) is 1.88. The summed E-state index contributed by atoms with van der Waals surface area (Å²) in [4.78, 5) is 12.7. The topological polar surface area (TPSA) is 20.9 Å². The molecule has 0 unspecified atom stereocenters. The van der Waals surface area contributed by atoms with Gasteiger partial charge in [-0.2, -0.15) is 4.57 Å². The zero-order valence-electron chi connectivity index (χ0n) is 11.5. The second-order valence-electron chi connectivity index (χ2n) is 5.26. The second-order valence-corrected chi connectivity index (χ2v) is 5.26. The lowest BCUT2D eigenvalue weighted by Crippen LogP contribution is -2.40. The minimum Gasteiger partial charge on any atom is -0.282 e. The van der Waals surface area contributed by atoms with E-state index in [1.807, 2.05) is 65.4 Å². The molecule has 1 heterocycles. The first kappa shape index (κ1) is 12.0. The Kier molecular flexibility index (Phi) is 2.68. The number of carbonyl (C=O) groups is 1. The van der Waals surface area contributed by atoms with Gasteiger partial charge in [0.2, 0.25) is 0 Å². The molecule has 0 radical (unpaired) electrons. The summed E-state index contributed by atoms with van der Waals surface area (Å²) >= 11 is 0. The van der Waals surface area contributed by atoms with Crippen LogP contribution in [0.3, 0.4) is 0 Å². The number of nitrogens with zero attached hydrogens (tertiary/aromatic N) is 1. The summed E-state index contributed by atoms with van der Waals surface area (Å²) in [7, 11) is 0. The molecule has 1 aromatic heterocycles. The fraction of sp³-hybridized carbons (Fsp3) is 0.0526. The van der Waals surface area contributed by atoms with Crippen molar-refractivity contribution in [1.82, 2.24) is 0 Å². The van der Waals surface area contributed by atoms with E-state index < -0.39 is 0 Å². The molecule has 100 valence electrons. The molecule has 2 heteroatoms. The second kappa shape index (κ2) is 4.67. The number of benzene rings is 2. The van der Waals surface area contributed by atoms with E-state index in [0.29, 0.717) is 6.54 Å². The summed E-state index contributed by atoms with van der Waals surface area (Å²) in [6, 6.07) is 22.1. The maximum absolute atomic E-state index is 12.7. The zero-order chi connectivity index (χ0) is 14.2. The Morgan fingerprint density at radius 2 is 1.38 bits per heavy atom. The van der Waals surface area contributed by atoms with Crippen LogP contribution in [0.5, 0.6) is 0 Å². The molecular weight excluding hydrogens is 258 g/mol. The van der Waals surface area contributed by atoms with E-state index in [1.165, 1.54) is 5.56 Å². The summed E-state index contributed by atoms with van der Waals surface area (Å²) in [5, 5.41) is 0. The van der Waals surface area contributed by atoms with Crippen LogP contribution in [0.25, 0.3) is 11.1 Å². The van der Waals surface area contributed by atoms with Crippen LogP contribution in [0.15, 0.2) is 72.9 Å². The summed E-state index contributed by atoms with van der Waals surface area (Å²) in [5.41, 5.74) is 4.87. The molecule has 0 fully saturated rings. The van der Waals surface area contributed by atoms with Crippen LogP contribution in [0.1, 0.15) is 21.6 Å². The first-order valence-corrected chi connectivity index (χ1v) is 7.05. The number of carbonyl (C=O) groups excluding carboxylic acids is 1. The quantitative estimate of drug-likeness (QED) is 0.513. The van der Waals surface area contributed by atoms with Crippen molar-refractivity contribution in [2.45, 2.75) is 6.54 Å². The number of rotatable bonds is 2. The molecule has 1 aliphatic carbocycles. The molecule has 0 saturated heterocycles. The van der Waals surface area contributed by atoms with Crippen LogP contribution in [0.4, 0.5) is 0 Å². The van der Waals surface area contributed by atoms with Crippen molar-refractivity contribution in [3.05, 3.63) is 89.7 Å². The molecule has 21 heavy (non-hydrogen) atoms. The van der Waals surface area contributed by atoms with Gasteiger partial charge in [-0.25, -0.2) is 0 Å². The third-order valence-electron chi connectivity index (χ3n) is 3.94. The monoisotopic (exact) mass is 272 g/mol. The van der Waals surface area contributed by atoms with Crippen LogP contribution < -0.4 is 4.57 Å². The average Bonchev–Trinajstić information content (AvgIpc) is 2.83. The van der Waals surface area contributed by atoms with Crippen molar-refractivity contribution in [3.63, 3.8) is 0 Å². The fourth-order valence-corrected chi connectivity index (χ4v) is 2.98. The fourth-order valence-electron chi connectivity index (χ4n) is 2.98.